The van der Waals surface area contributed by atoms with Crippen LogP contribution >= 0.6 is 0 Å². The highest BCUT2D eigenvalue weighted by atomic mass is 16.5. The molecule has 4 heteroatoms. The second-order valence-electron chi connectivity index (χ2n) is 4.23. The molecule has 0 saturated heterocycles. The Morgan fingerprint density at radius 1 is 1.17 bits per heavy atom. The summed E-state index contributed by atoms with van der Waals surface area (Å²) in [5.41, 5.74) is 8.10. The Kier molecular flexibility index (Phi) is 5.04. The maximum atomic E-state index is 6.12. The maximum Gasteiger partial charge on any atom is 0.203 e. The summed E-state index contributed by atoms with van der Waals surface area (Å²) in [6, 6.07) is 3.61. The summed E-state index contributed by atoms with van der Waals surface area (Å²) < 4.78 is 15.8. The van der Waals surface area contributed by atoms with Gasteiger partial charge in [-0.15, -0.1) is 6.58 Å². The summed E-state index contributed by atoms with van der Waals surface area (Å²) in [6.07, 6.45) is 0.721. The van der Waals surface area contributed by atoms with Gasteiger partial charge in [0.1, 0.15) is 0 Å². The molecule has 2 N–H and O–H groups in total. The number of hydrogen-bond acceptors (Lipinski definition) is 4. The van der Waals surface area contributed by atoms with Crippen molar-refractivity contribution in [3.05, 3.63) is 29.8 Å². The molecule has 0 saturated carbocycles. The molecular formula is C14H21NO3. The van der Waals surface area contributed by atoms with Crippen molar-refractivity contribution in [2.75, 3.05) is 21.3 Å². The van der Waals surface area contributed by atoms with Crippen molar-refractivity contribution in [1.82, 2.24) is 0 Å². The molecule has 0 heterocycles. The van der Waals surface area contributed by atoms with Crippen LogP contribution in [0, 0.1) is 0 Å². The van der Waals surface area contributed by atoms with Gasteiger partial charge in [0.25, 0.3) is 0 Å². The minimum Gasteiger partial charge on any atom is -0.493 e. The van der Waals surface area contributed by atoms with Gasteiger partial charge in [-0.1, -0.05) is 5.57 Å². The molecule has 0 fully saturated rings. The second-order valence-corrected chi connectivity index (χ2v) is 4.23. The van der Waals surface area contributed by atoms with E-state index in [4.69, 9.17) is 19.9 Å². The van der Waals surface area contributed by atoms with Gasteiger partial charge >= 0.3 is 0 Å². The van der Waals surface area contributed by atoms with Gasteiger partial charge in [-0.05, 0) is 31.0 Å². The zero-order valence-electron chi connectivity index (χ0n) is 11.4. The lowest BCUT2D eigenvalue weighted by Gasteiger charge is -2.17. The van der Waals surface area contributed by atoms with Gasteiger partial charge in [-0.2, -0.15) is 0 Å². The normalized spacial score (nSPS) is 11.8. The fourth-order valence-corrected chi connectivity index (χ4v) is 1.81. The molecule has 1 rings (SSSR count). The van der Waals surface area contributed by atoms with Crippen LogP contribution in [-0.4, -0.2) is 21.3 Å². The summed E-state index contributed by atoms with van der Waals surface area (Å²) in [4.78, 5) is 0. The van der Waals surface area contributed by atoms with Gasteiger partial charge in [0.05, 0.1) is 21.3 Å². The summed E-state index contributed by atoms with van der Waals surface area (Å²) in [7, 11) is 4.75. The van der Waals surface area contributed by atoms with E-state index in [1.54, 1.807) is 21.3 Å². The Labute approximate surface area is 108 Å². The van der Waals surface area contributed by atoms with E-state index in [2.05, 4.69) is 6.58 Å². The molecule has 1 atom stereocenters. The molecule has 0 aliphatic carbocycles. The molecule has 0 amide bonds. The van der Waals surface area contributed by atoms with Crippen LogP contribution in [0.5, 0.6) is 17.2 Å². The van der Waals surface area contributed by atoms with Crippen LogP contribution in [-0.2, 0) is 0 Å². The van der Waals surface area contributed by atoms with E-state index in [9.17, 15) is 0 Å². The minimum absolute atomic E-state index is 0.129. The Morgan fingerprint density at radius 3 is 2.00 bits per heavy atom. The highest BCUT2D eigenvalue weighted by molar-refractivity contribution is 5.54. The van der Waals surface area contributed by atoms with E-state index in [-0.39, 0.29) is 6.04 Å². The van der Waals surface area contributed by atoms with E-state index in [1.807, 2.05) is 19.1 Å². The molecule has 0 bridgehead atoms. The SMILES string of the molecule is C=C(C)C[C@@H](N)c1cc(OC)c(OC)c(OC)c1. The molecule has 18 heavy (non-hydrogen) atoms. The van der Waals surface area contributed by atoms with Gasteiger partial charge in [0.2, 0.25) is 5.75 Å². The molecule has 0 aromatic heterocycles. The molecule has 0 aliphatic heterocycles. The fourth-order valence-electron chi connectivity index (χ4n) is 1.81. The Bertz CT molecular complexity index is 404. The third kappa shape index (κ3) is 3.17. The monoisotopic (exact) mass is 251 g/mol. The van der Waals surface area contributed by atoms with Gasteiger partial charge in [-0.25, -0.2) is 0 Å². The third-order valence-corrected chi connectivity index (χ3v) is 2.68. The summed E-state index contributed by atoms with van der Waals surface area (Å²) in [5.74, 6) is 1.80. The minimum atomic E-state index is -0.129. The molecule has 100 valence electrons. The number of methoxy groups -OCH3 is 3. The fraction of sp³-hybridized carbons (Fsp3) is 0.429. The first-order valence-corrected chi connectivity index (χ1v) is 5.73. The summed E-state index contributed by atoms with van der Waals surface area (Å²) in [6.45, 7) is 5.83. The van der Waals surface area contributed by atoms with Crippen LogP contribution in [0.3, 0.4) is 0 Å². The lowest BCUT2D eigenvalue weighted by molar-refractivity contribution is 0.323. The quantitative estimate of drug-likeness (QED) is 0.790. The molecule has 0 aliphatic rings. The van der Waals surface area contributed by atoms with Crippen molar-refractivity contribution in [2.45, 2.75) is 19.4 Å². The largest absolute Gasteiger partial charge is 0.493 e. The van der Waals surface area contributed by atoms with Gasteiger partial charge in [-0.3, -0.25) is 0 Å². The average Bonchev–Trinajstić information content (AvgIpc) is 2.35. The number of benzene rings is 1. The van der Waals surface area contributed by atoms with Crippen molar-refractivity contribution in [2.24, 2.45) is 5.73 Å². The molecule has 1 aromatic carbocycles. The Balaban J connectivity index is 3.18. The number of nitrogens with two attached hydrogens (primary N) is 1. The molecule has 0 spiro atoms. The van der Waals surface area contributed by atoms with Gasteiger partial charge < -0.3 is 19.9 Å². The maximum absolute atomic E-state index is 6.12. The van der Waals surface area contributed by atoms with E-state index in [0.29, 0.717) is 17.2 Å². The lowest BCUT2D eigenvalue weighted by Crippen LogP contribution is -2.11. The Hall–Kier alpha value is -1.68. The van der Waals surface area contributed by atoms with Crippen molar-refractivity contribution in [3.63, 3.8) is 0 Å². The zero-order valence-corrected chi connectivity index (χ0v) is 11.4. The third-order valence-electron chi connectivity index (χ3n) is 2.68. The first kappa shape index (κ1) is 14.4. The predicted molar refractivity (Wildman–Crippen MR) is 72.5 cm³/mol. The highest BCUT2D eigenvalue weighted by Crippen LogP contribution is 2.39. The Morgan fingerprint density at radius 2 is 1.67 bits per heavy atom. The first-order valence-electron chi connectivity index (χ1n) is 5.73. The van der Waals surface area contributed by atoms with E-state index < -0.39 is 0 Å². The summed E-state index contributed by atoms with van der Waals surface area (Å²) >= 11 is 0. The zero-order chi connectivity index (χ0) is 13.7. The lowest BCUT2D eigenvalue weighted by atomic mass is 10.0. The van der Waals surface area contributed by atoms with E-state index in [1.165, 1.54) is 0 Å². The number of hydrogen-bond donors (Lipinski definition) is 1. The van der Waals surface area contributed by atoms with Crippen LogP contribution < -0.4 is 19.9 Å². The van der Waals surface area contributed by atoms with Crippen LogP contribution in [0.15, 0.2) is 24.3 Å². The molecular weight excluding hydrogens is 230 g/mol. The highest BCUT2D eigenvalue weighted by Gasteiger charge is 2.16. The average molecular weight is 251 g/mol. The molecule has 0 unspecified atom stereocenters. The van der Waals surface area contributed by atoms with Crippen LogP contribution in [0.1, 0.15) is 24.9 Å². The number of ether oxygens (including phenoxy) is 3. The standard InChI is InChI=1S/C14H21NO3/c1-9(2)6-11(15)10-7-12(16-3)14(18-5)13(8-10)17-4/h7-8,11H,1,6,15H2,2-5H3/t11-/m1/s1. The van der Waals surface area contributed by atoms with Crippen molar-refractivity contribution >= 4 is 0 Å². The molecule has 4 nitrogen and oxygen atoms in total. The van der Waals surface area contributed by atoms with Crippen molar-refractivity contribution < 1.29 is 14.2 Å². The first-order chi connectivity index (χ1) is 8.53. The molecule has 0 radical (unpaired) electrons. The van der Waals surface area contributed by atoms with Crippen molar-refractivity contribution in [1.29, 1.82) is 0 Å². The van der Waals surface area contributed by atoms with Gasteiger partial charge in [0, 0.05) is 6.04 Å². The van der Waals surface area contributed by atoms with E-state index >= 15 is 0 Å². The van der Waals surface area contributed by atoms with Crippen LogP contribution in [0.4, 0.5) is 0 Å². The smallest absolute Gasteiger partial charge is 0.203 e. The topological polar surface area (TPSA) is 53.7 Å². The van der Waals surface area contributed by atoms with Crippen LogP contribution in [0.2, 0.25) is 0 Å². The van der Waals surface area contributed by atoms with E-state index in [0.717, 1.165) is 17.6 Å². The van der Waals surface area contributed by atoms with Crippen LogP contribution in [0.25, 0.3) is 0 Å². The second kappa shape index (κ2) is 6.31. The molecule has 1 aromatic rings. The number of rotatable bonds is 6. The predicted octanol–water partition coefficient (Wildman–Crippen LogP) is 2.68. The van der Waals surface area contributed by atoms with Gasteiger partial charge in [0.15, 0.2) is 11.5 Å². The van der Waals surface area contributed by atoms with Crippen molar-refractivity contribution in [3.8, 4) is 17.2 Å². The summed E-state index contributed by atoms with van der Waals surface area (Å²) in [5, 5.41) is 0.